The van der Waals surface area contributed by atoms with Crippen LogP contribution >= 0.6 is 0 Å². The Morgan fingerprint density at radius 3 is 2.40 bits per heavy atom. The molecule has 1 aromatic carbocycles. The third-order valence-electron chi connectivity index (χ3n) is 4.04. The van der Waals surface area contributed by atoms with E-state index in [1.165, 1.54) is 0 Å². The van der Waals surface area contributed by atoms with Crippen LogP contribution in [0.2, 0.25) is 0 Å². The van der Waals surface area contributed by atoms with Crippen LogP contribution in [0.4, 0.5) is 4.39 Å². The first-order valence-corrected chi connectivity index (χ1v) is 7.66. The Kier molecular flexibility index (Phi) is 7.17. The number of halogens is 1. The Balaban J connectivity index is 2.78. The summed E-state index contributed by atoms with van der Waals surface area (Å²) in [6, 6.07) is 7.55. The second-order valence-corrected chi connectivity index (χ2v) is 5.88. The summed E-state index contributed by atoms with van der Waals surface area (Å²) in [6.45, 7) is 10.7. The molecule has 2 unspecified atom stereocenters. The molecular weight excluding hydrogens is 251 g/mol. The van der Waals surface area contributed by atoms with Crippen LogP contribution in [0.5, 0.6) is 0 Å². The van der Waals surface area contributed by atoms with Crippen LogP contribution in [-0.2, 0) is 0 Å². The van der Waals surface area contributed by atoms with Gasteiger partial charge in [0.1, 0.15) is 5.82 Å². The SMILES string of the molecule is CCCNCC(C(C)C)N(C)C(C)c1ccccc1F. The van der Waals surface area contributed by atoms with Crippen LogP contribution in [0.15, 0.2) is 24.3 Å². The maximum Gasteiger partial charge on any atom is 0.127 e. The lowest BCUT2D eigenvalue weighted by Gasteiger charge is -2.36. The van der Waals surface area contributed by atoms with Crippen molar-refractivity contribution in [2.45, 2.75) is 46.2 Å². The largest absolute Gasteiger partial charge is 0.315 e. The van der Waals surface area contributed by atoms with E-state index in [4.69, 9.17) is 0 Å². The van der Waals surface area contributed by atoms with E-state index in [0.29, 0.717) is 12.0 Å². The Morgan fingerprint density at radius 1 is 1.20 bits per heavy atom. The van der Waals surface area contributed by atoms with Gasteiger partial charge >= 0.3 is 0 Å². The van der Waals surface area contributed by atoms with E-state index in [9.17, 15) is 4.39 Å². The summed E-state index contributed by atoms with van der Waals surface area (Å²) in [4.78, 5) is 2.28. The van der Waals surface area contributed by atoms with E-state index < -0.39 is 0 Å². The van der Waals surface area contributed by atoms with Crippen molar-refractivity contribution in [2.24, 2.45) is 5.92 Å². The number of rotatable bonds is 8. The molecule has 0 saturated heterocycles. The smallest absolute Gasteiger partial charge is 0.127 e. The molecule has 0 radical (unpaired) electrons. The standard InChI is InChI=1S/C17H29FN2/c1-6-11-19-12-17(13(2)3)20(5)14(4)15-9-7-8-10-16(15)18/h7-10,13-14,17,19H,6,11-12H2,1-5H3. The Morgan fingerprint density at radius 2 is 1.85 bits per heavy atom. The van der Waals surface area contributed by atoms with Crippen LogP contribution in [0.1, 0.15) is 45.7 Å². The van der Waals surface area contributed by atoms with Gasteiger partial charge in [0.15, 0.2) is 0 Å². The van der Waals surface area contributed by atoms with Gasteiger partial charge in [-0.05, 0) is 38.9 Å². The molecule has 3 heteroatoms. The first-order chi connectivity index (χ1) is 9.49. The van der Waals surface area contributed by atoms with Crippen molar-refractivity contribution in [3.63, 3.8) is 0 Å². The van der Waals surface area contributed by atoms with Gasteiger partial charge in [0, 0.05) is 24.2 Å². The van der Waals surface area contributed by atoms with E-state index in [0.717, 1.165) is 25.1 Å². The number of hydrogen-bond acceptors (Lipinski definition) is 2. The van der Waals surface area contributed by atoms with Crippen LogP contribution in [0.3, 0.4) is 0 Å². The highest BCUT2D eigenvalue weighted by Crippen LogP contribution is 2.25. The molecule has 1 N–H and O–H groups in total. The summed E-state index contributed by atoms with van der Waals surface area (Å²) >= 11 is 0. The number of likely N-dealkylation sites (N-methyl/N-ethyl adjacent to an activating group) is 1. The Bertz CT molecular complexity index is 392. The molecule has 0 fully saturated rings. The zero-order chi connectivity index (χ0) is 15.1. The molecule has 0 aromatic heterocycles. The van der Waals surface area contributed by atoms with Gasteiger partial charge in [-0.3, -0.25) is 4.90 Å². The molecule has 2 atom stereocenters. The van der Waals surface area contributed by atoms with E-state index >= 15 is 0 Å². The van der Waals surface area contributed by atoms with Crippen molar-refractivity contribution >= 4 is 0 Å². The highest BCUT2D eigenvalue weighted by molar-refractivity contribution is 5.20. The molecule has 0 bridgehead atoms. The predicted molar refractivity (Wildman–Crippen MR) is 84.4 cm³/mol. The van der Waals surface area contributed by atoms with Gasteiger partial charge in [-0.1, -0.05) is 39.0 Å². The molecule has 0 saturated carbocycles. The molecule has 0 spiro atoms. The van der Waals surface area contributed by atoms with Crippen LogP contribution in [0.25, 0.3) is 0 Å². The van der Waals surface area contributed by atoms with Crippen molar-refractivity contribution in [3.05, 3.63) is 35.6 Å². The van der Waals surface area contributed by atoms with Crippen molar-refractivity contribution in [1.82, 2.24) is 10.2 Å². The topological polar surface area (TPSA) is 15.3 Å². The summed E-state index contributed by atoms with van der Waals surface area (Å²) in [5.41, 5.74) is 0.774. The van der Waals surface area contributed by atoms with Crippen molar-refractivity contribution in [3.8, 4) is 0 Å². The molecule has 1 rings (SSSR count). The maximum absolute atomic E-state index is 13.9. The Hall–Kier alpha value is -0.930. The molecule has 1 aromatic rings. The zero-order valence-corrected chi connectivity index (χ0v) is 13.5. The fourth-order valence-electron chi connectivity index (χ4n) is 2.60. The molecule has 2 nitrogen and oxygen atoms in total. The molecule has 20 heavy (non-hydrogen) atoms. The van der Waals surface area contributed by atoms with Crippen LogP contribution in [-0.4, -0.2) is 31.1 Å². The monoisotopic (exact) mass is 280 g/mol. The average molecular weight is 280 g/mol. The third kappa shape index (κ3) is 4.57. The van der Waals surface area contributed by atoms with E-state index in [1.807, 2.05) is 12.1 Å². The molecule has 114 valence electrons. The number of hydrogen-bond donors (Lipinski definition) is 1. The minimum atomic E-state index is -0.115. The third-order valence-corrected chi connectivity index (χ3v) is 4.04. The zero-order valence-electron chi connectivity index (χ0n) is 13.5. The fourth-order valence-corrected chi connectivity index (χ4v) is 2.60. The fraction of sp³-hybridized carbons (Fsp3) is 0.647. The van der Waals surface area contributed by atoms with Gasteiger partial charge in [0.05, 0.1) is 0 Å². The summed E-state index contributed by atoms with van der Waals surface area (Å²) < 4.78 is 13.9. The van der Waals surface area contributed by atoms with Gasteiger partial charge in [0.2, 0.25) is 0 Å². The van der Waals surface area contributed by atoms with Crippen LogP contribution < -0.4 is 5.32 Å². The Labute approximate surface area is 123 Å². The lowest BCUT2D eigenvalue weighted by molar-refractivity contribution is 0.140. The van der Waals surface area contributed by atoms with E-state index in [-0.39, 0.29) is 11.9 Å². The summed E-state index contributed by atoms with van der Waals surface area (Å²) in [5, 5.41) is 3.48. The molecule has 0 aliphatic rings. The predicted octanol–water partition coefficient (Wildman–Crippen LogP) is 3.84. The summed E-state index contributed by atoms with van der Waals surface area (Å²) in [5.74, 6) is 0.412. The first kappa shape index (κ1) is 17.1. The number of nitrogens with zero attached hydrogens (tertiary/aromatic N) is 1. The first-order valence-electron chi connectivity index (χ1n) is 7.66. The lowest BCUT2D eigenvalue weighted by atomic mass is 9.98. The van der Waals surface area contributed by atoms with Crippen molar-refractivity contribution < 1.29 is 4.39 Å². The second-order valence-electron chi connectivity index (χ2n) is 5.88. The molecular formula is C17H29FN2. The molecule has 0 aliphatic heterocycles. The lowest BCUT2D eigenvalue weighted by Crippen LogP contribution is -2.45. The minimum absolute atomic E-state index is 0.0760. The normalized spacial score (nSPS) is 14.8. The molecule has 0 aliphatic carbocycles. The number of nitrogens with one attached hydrogen (secondary N) is 1. The van der Waals surface area contributed by atoms with Gasteiger partial charge in [0.25, 0.3) is 0 Å². The summed E-state index contributed by atoms with van der Waals surface area (Å²) in [7, 11) is 2.09. The van der Waals surface area contributed by atoms with Crippen molar-refractivity contribution in [1.29, 1.82) is 0 Å². The maximum atomic E-state index is 13.9. The van der Waals surface area contributed by atoms with Crippen molar-refractivity contribution in [2.75, 3.05) is 20.1 Å². The molecule has 0 heterocycles. The quantitative estimate of drug-likeness (QED) is 0.728. The van der Waals surface area contributed by atoms with Gasteiger partial charge in [-0.2, -0.15) is 0 Å². The summed E-state index contributed by atoms with van der Waals surface area (Å²) in [6.07, 6.45) is 1.14. The van der Waals surface area contributed by atoms with E-state index in [1.54, 1.807) is 12.1 Å². The highest BCUT2D eigenvalue weighted by Gasteiger charge is 2.24. The average Bonchev–Trinajstić information content (AvgIpc) is 2.42. The van der Waals surface area contributed by atoms with Crippen LogP contribution in [0, 0.1) is 11.7 Å². The second kappa shape index (κ2) is 8.38. The highest BCUT2D eigenvalue weighted by atomic mass is 19.1. The van der Waals surface area contributed by atoms with E-state index in [2.05, 4.69) is 45.0 Å². The van der Waals surface area contributed by atoms with Gasteiger partial charge in [-0.15, -0.1) is 0 Å². The van der Waals surface area contributed by atoms with Gasteiger partial charge in [-0.25, -0.2) is 4.39 Å². The number of benzene rings is 1. The minimum Gasteiger partial charge on any atom is -0.315 e. The van der Waals surface area contributed by atoms with Gasteiger partial charge < -0.3 is 5.32 Å². The molecule has 0 amide bonds.